The van der Waals surface area contributed by atoms with Crippen LogP contribution in [0.1, 0.15) is 5.01 Å². The number of nitrogen functional groups attached to an aromatic ring is 1. The first-order chi connectivity index (χ1) is 8.75. The SMILES string of the molecule is Cc1ncc(-c2onc(N)c2-c2ccccc2)s1. The van der Waals surface area contributed by atoms with E-state index >= 15 is 0 Å². The number of aryl methyl sites for hydroxylation is 1. The number of hydrogen-bond donors (Lipinski definition) is 1. The van der Waals surface area contributed by atoms with E-state index in [2.05, 4.69) is 10.1 Å². The van der Waals surface area contributed by atoms with Crippen molar-refractivity contribution in [1.82, 2.24) is 10.1 Å². The average molecular weight is 257 g/mol. The number of nitrogens with two attached hydrogens (primary N) is 1. The number of rotatable bonds is 2. The number of thiazole rings is 1. The van der Waals surface area contributed by atoms with Crippen molar-refractivity contribution in [3.8, 4) is 21.8 Å². The summed E-state index contributed by atoms with van der Waals surface area (Å²) < 4.78 is 5.34. The zero-order valence-electron chi connectivity index (χ0n) is 9.75. The number of hydrogen-bond acceptors (Lipinski definition) is 5. The summed E-state index contributed by atoms with van der Waals surface area (Å²) in [7, 11) is 0. The third-order valence-electron chi connectivity index (χ3n) is 2.63. The van der Waals surface area contributed by atoms with Crippen molar-refractivity contribution >= 4 is 17.2 Å². The normalized spacial score (nSPS) is 10.7. The van der Waals surface area contributed by atoms with Gasteiger partial charge in [-0.1, -0.05) is 35.5 Å². The lowest BCUT2D eigenvalue weighted by Gasteiger charge is -1.99. The van der Waals surface area contributed by atoms with Crippen LogP contribution < -0.4 is 5.73 Å². The van der Waals surface area contributed by atoms with E-state index in [9.17, 15) is 0 Å². The second-order valence-electron chi connectivity index (χ2n) is 3.88. The minimum Gasteiger partial charge on any atom is -0.380 e. The first kappa shape index (κ1) is 11.0. The molecule has 0 amide bonds. The van der Waals surface area contributed by atoms with Crippen LogP contribution in [0.15, 0.2) is 41.1 Å². The van der Waals surface area contributed by atoms with E-state index in [4.69, 9.17) is 10.3 Å². The van der Waals surface area contributed by atoms with Crippen LogP contribution in [0.2, 0.25) is 0 Å². The summed E-state index contributed by atoms with van der Waals surface area (Å²) >= 11 is 1.56. The van der Waals surface area contributed by atoms with Gasteiger partial charge in [0.15, 0.2) is 11.6 Å². The minimum absolute atomic E-state index is 0.405. The first-order valence-corrected chi connectivity index (χ1v) is 6.30. The predicted molar refractivity (Wildman–Crippen MR) is 72.2 cm³/mol. The van der Waals surface area contributed by atoms with Gasteiger partial charge in [0.1, 0.15) is 0 Å². The van der Waals surface area contributed by atoms with Gasteiger partial charge in [-0.3, -0.25) is 0 Å². The van der Waals surface area contributed by atoms with Gasteiger partial charge in [-0.15, -0.1) is 11.3 Å². The molecular formula is C13H11N3OS. The third-order valence-corrected chi connectivity index (χ3v) is 3.54. The van der Waals surface area contributed by atoms with Crippen molar-refractivity contribution in [2.24, 2.45) is 0 Å². The lowest BCUT2D eigenvalue weighted by atomic mass is 10.1. The fourth-order valence-electron chi connectivity index (χ4n) is 1.82. The smallest absolute Gasteiger partial charge is 0.188 e. The van der Waals surface area contributed by atoms with Gasteiger partial charge in [-0.05, 0) is 12.5 Å². The predicted octanol–water partition coefficient (Wildman–Crippen LogP) is 3.36. The molecule has 0 aliphatic rings. The third kappa shape index (κ3) is 1.78. The zero-order valence-corrected chi connectivity index (χ0v) is 10.6. The van der Waals surface area contributed by atoms with Crippen LogP contribution in [-0.4, -0.2) is 10.1 Å². The number of aromatic nitrogens is 2. The highest BCUT2D eigenvalue weighted by Crippen LogP contribution is 2.38. The van der Waals surface area contributed by atoms with E-state index in [1.165, 1.54) is 0 Å². The van der Waals surface area contributed by atoms with Crippen molar-refractivity contribution in [2.45, 2.75) is 6.92 Å². The summed E-state index contributed by atoms with van der Waals surface area (Å²) in [6, 6.07) is 9.86. The Morgan fingerprint density at radius 2 is 2.00 bits per heavy atom. The topological polar surface area (TPSA) is 64.9 Å². The molecule has 18 heavy (non-hydrogen) atoms. The molecule has 0 atom stereocenters. The molecule has 0 aliphatic heterocycles. The summed E-state index contributed by atoms with van der Waals surface area (Å²) in [4.78, 5) is 5.17. The maximum Gasteiger partial charge on any atom is 0.188 e. The van der Waals surface area contributed by atoms with Crippen LogP contribution >= 0.6 is 11.3 Å². The Morgan fingerprint density at radius 1 is 1.22 bits per heavy atom. The second-order valence-corrected chi connectivity index (χ2v) is 5.12. The Balaban J connectivity index is 2.18. The van der Waals surface area contributed by atoms with Gasteiger partial charge in [0.2, 0.25) is 0 Å². The van der Waals surface area contributed by atoms with E-state index in [1.807, 2.05) is 37.3 Å². The largest absolute Gasteiger partial charge is 0.380 e. The van der Waals surface area contributed by atoms with Crippen LogP contribution in [0.4, 0.5) is 5.82 Å². The van der Waals surface area contributed by atoms with Crippen molar-refractivity contribution in [3.05, 3.63) is 41.5 Å². The zero-order chi connectivity index (χ0) is 12.5. The summed E-state index contributed by atoms with van der Waals surface area (Å²) in [6.45, 7) is 1.95. The summed E-state index contributed by atoms with van der Waals surface area (Å²) in [5.41, 5.74) is 7.73. The molecule has 0 saturated carbocycles. The van der Waals surface area contributed by atoms with Crippen LogP contribution in [0.5, 0.6) is 0 Å². The van der Waals surface area contributed by atoms with Crippen molar-refractivity contribution in [3.63, 3.8) is 0 Å². The molecule has 5 heteroatoms. The molecule has 2 aromatic heterocycles. The monoisotopic (exact) mass is 257 g/mol. The lowest BCUT2D eigenvalue weighted by Crippen LogP contribution is -1.87. The minimum atomic E-state index is 0.405. The highest BCUT2D eigenvalue weighted by Gasteiger charge is 2.18. The van der Waals surface area contributed by atoms with Gasteiger partial charge < -0.3 is 10.3 Å². The molecule has 0 fully saturated rings. The van der Waals surface area contributed by atoms with E-state index in [0.717, 1.165) is 21.0 Å². The Hall–Kier alpha value is -2.14. The van der Waals surface area contributed by atoms with Crippen molar-refractivity contribution in [1.29, 1.82) is 0 Å². The number of benzene rings is 1. The summed E-state index contributed by atoms with van der Waals surface area (Å²) in [6.07, 6.45) is 1.78. The molecular weight excluding hydrogens is 246 g/mol. The molecule has 2 N–H and O–H groups in total. The molecule has 0 radical (unpaired) electrons. The van der Waals surface area contributed by atoms with Crippen molar-refractivity contribution < 1.29 is 4.52 Å². The molecule has 90 valence electrons. The lowest BCUT2D eigenvalue weighted by molar-refractivity contribution is 0.437. The molecule has 0 bridgehead atoms. The molecule has 0 unspecified atom stereocenters. The van der Waals surface area contributed by atoms with Gasteiger partial charge in [0, 0.05) is 6.20 Å². The molecule has 2 heterocycles. The van der Waals surface area contributed by atoms with Crippen molar-refractivity contribution in [2.75, 3.05) is 5.73 Å². The van der Waals surface area contributed by atoms with Crippen LogP contribution in [0.3, 0.4) is 0 Å². The molecule has 0 aliphatic carbocycles. The fraction of sp³-hybridized carbons (Fsp3) is 0.0769. The van der Waals surface area contributed by atoms with Crippen LogP contribution in [0.25, 0.3) is 21.8 Å². The second kappa shape index (κ2) is 4.27. The Labute approximate surface area is 108 Å². The highest BCUT2D eigenvalue weighted by atomic mass is 32.1. The molecule has 1 aromatic carbocycles. The van der Waals surface area contributed by atoms with E-state index < -0.39 is 0 Å². The number of nitrogens with zero attached hydrogens (tertiary/aromatic N) is 2. The maximum atomic E-state index is 5.90. The molecule has 0 saturated heterocycles. The van der Waals surface area contributed by atoms with E-state index in [0.29, 0.717) is 11.6 Å². The highest BCUT2D eigenvalue weighted by molar-refractivity contribution is 7.15. The molecule has 0 spiro atoms. The van der Waals surface area contributed by atoms with E-state index in [1.54, 1.807) is 17.5 Å². The Kier molecular flexibility index (Phi) is 2.60. The molecule has 3 rings (SSSR count). The standard InChI is InChI=1S/C13H11N3OS/c1-8-15-7-10(18-8)12-11(13(14)16-17-12)9-5-3-2-4-6-9/h2-7H,1H3,(H2,14,16). The summed E-state index contributed by atoms with van der Waals surface area (Å²) in [5.74, 6) is 1.09. The quantitative estimate of drug-likeness (QED) is 0.764. The molecule has 3 aromatic rings. The van der Waals surface area contributed by atoms with Gasteiger partial charge in [-0.2, -0.15) is 0 Å². The van der Waals surface area contributed by atoms with Gasteiger partial charge in [0.25, 0.3) is 0 Å². The van der Waals surface area contributed by atoms with Crippen LogP contribution in [0, 0.1) is 6.92 Å². The van der Waals surface area contributed by atoms with Crippen LogP contribution in [-0.2, 0) is 0 Å². The van der Waals surface area contributed by atoms with E-state index in [-0.39, 0.29) is 0 Å². The Morgan fingerprint density at radius 3 is 2.67 bits per heavy atom. The van der Waals surface area contributed by atoms with Gasteiger partial charge in [0.05, 0.1) is 15.4 Å². The van der Waals surface area contributed by atoms with Gasteiger partial charge >= 0.3 is 0 Å². The van der Waals surface area contributed by atoms with Gasteiger partial charge in [-0.25, -0.2) is 4.98 Å². The first-order valence-electron chi connectivity index (χ1n) is 5.49. The summed E-state index contributed by atoms with van der Waals surface area (Å²) in [5, 5.41) is 4.85. The Bertz CT molecular complexity index is 673. The molecule has 4 nitrogen and oxygen atoms in total. The maximum absolute atomic E-state index is 5.90. The fourth-order valence-corrected chi connectivity index (χ4v) is 2.58. The average Bonchev–Trinajstić information content (AvgIpc) is 2.96. The number of anilines is 1.